The van der Waals surface area contributed by atoms with Crippen molar-refractivity contribution in [2.45, 2.75) is 33.0 Å². The lowest BCUT2D eigenvalue weighted by molar-refractivity contribution is -0.137. The molecule has 9 heteroatoms. The number of amides is 1. The molecule has 0 unspecified atom stereocenters. The Labute approximate surface area is 147 Å². The number of nitrogens with one attached hydrogen (secondary N) is 2. The maximum atomic E-state index is 12.9. The van der Waals surface area contributed by atoms with E-state index in [1.54, 1.807) is 6.92 Å². The summed E-state index contributed by atoms with van der Waals surface area (Å²) in [6.07, 6.45) is -4.61. The van der Waals surface area contributed by atoms with Crippen LogP contribution in [-0.2, 0) is 6.18 Å². The summed E-state index contributed by atoms with van der Waals surface area (Å²) in [6, 6.07) is 4.65. The summed E-state index contributed by atoms with van der Waals surface area (Å²) in [7, 11) is 0. The van der Waals surface area contributed by atoms with Crippen LogP contribution in [0.4, 0.5) is 24.8 Å². The van der Waals surface area contributed by atoms with E-state index in [-0.39, 0.29) is 23.4 Å². The Bertz CT molecular complexity index is 793. The smallest absolute Gasteiger partial charge is 0.352 e. The van der Waals surface area contributed by atoms with E-state index >= 15 is 0 Å². The van der Waals surface area contributed by atoms with E-state index < -0.39 is 22.7 Å². The molecule has 0 aliphatic rings. The second-order valence-corrected chi connectivity index (χ2v) is 6.07. The molecule has 0 saturated carbocycles. The zero-order chi connectivity index (χ0) is 18.8. The minimum absolute atomic E-state index is 0.0311. The van der Waals surface area contributed by atoms with Crippen molar-refractivity contribution in [2.75, 3.05) is 10.6 Å². The fraction of sp³-hybridized carbons (Fsp3) is 0.312. The van der Waals surface area contributed by atoms with E-state index in [2.05, 4.69) is 20.6 Å². The number of carbonyl (C=O) groups excluding carboxylic acids is 1. The number of aromatic nitrogens is 2. The van der Waals surface area contributed by atoms with Gasteiger partial charge in [0.1, 0.15) is 5.69 Å². The predicted octanol–water partition coefficient (Wildman–Crippen LogP) is 4.53. The fourth-order valence-corrected chi connectivity index (χ4v) is 2.25. The van der Waals surface area contributed by atoms with Crippen LogP contribution in [0.25, 0.3) is 0 Å². The number of rotatable bonds is 4. The Kier molecular flexibility index (Phi) is 5.52. The highest BCUT2D eigenvalue weighted by molar-refractivity contribution is 6.31. The van der Waals surface area contributed by atoms with Crippen LogP contribution in [0.3, 0.4) is 0 Å². The largest absolute Gasteiger partial charge is 0.417 e. The first-order valence-electron chi connectivity index (χ1n) is 7.36. The van der Waals surface area contributed by atoms with Gasteiger partial charge in [-0.15, -0.1) is 0 Å². The summed E-state index contributed by atoms with van der Waals surface area (Å²) < 4.78 is 38.7. The van der Waals surface area contributed by atoms with Crippen molar-refractivity contribution in [1.82, 2.24) is 9.97 Å². The average Bonchev–Trinajstić information content (AvgIpc) is 2.46. The first-order chi connectivity index (χ1) is 11.6. The van der Waals surface area contributed by atoms with Crippen LogP contribution in [-0.4, -0.2) is 21.9 Å². The van der Waals surface area contributed by atoms with Gasteiger partial charge in [-0.25, -0.2) is 9.97 Å². The number of hydrogen-bond acceptors (Lipinski definition) is 4. The van der Waals surface area contributed by atoms with Gasteiger partial charge in [-0.3, -0.25) is 4.79 Å². The second-order valence-electron chi connectivity index (χ2n) is 5.66. The standard InChI is InChI=1S/C16H16ClF3N4O/c1-8(2)21-15-22-9(3)6-13(24-15)14(25)23-10-4-5-12(17)11(7-10)16(18,19)20/h4-8H,1-3H3,(H,23,25)(H,21,22,24). The van der Waals surface area contributed by atoms with Crippen LogP contribution in [0.15, 0.2) is 24.3 Å². The highest BCUT2D eigenvalue weighted by atomic mass is 35.5. The Morgan fingerprint density at radius 2 is 1.88 bits per heavy atom. The SMILES string of the molecule is Cc1cc(C(=O)Nc2ccc(Cl)c(C(F)(F)F)c2)nc(NC(C)C)n1. The molecule has 0 saturated heterocycles. The Morgan fingerprint density at radius 1 is 1.20 bits per heavy atom. The highest BCUT2D eigenvalue weighted by Crippen LogP contribution is 2.36. The molecule has 0 fully saturated rings. The quantitative estimate of drug-likeness (QED) is 0.827. The van der Waals surface area contributed by atoms with Crippen LogP contribution in [0, 0.1) is 6.92 Å². The van der Waals surface area contributed by atoms with E-state index in [4.69, 9.17) is 11.6 Å². The predicted molar refractivity (Wildman–Crippen MR) is 89.9 cm³/mol. The Morgan fingerprint density at radius 3 is 2.48 bits per heavy atom. The highest BCUT2D eigenvalue weighted by Gasteiger charge is 2.33. The van der Waals surface area contributed by atoms with Crippen LogP contribution in [0.5, 0.6) is 0 Å². The van der Waals surface area contributed by atoms with E-state index in [9.17, 15) is 18.0 Å². The van der Waals surface area contributed by atoms with Crippen LogP contribution in [0.1, 0.15) is 35.6 Å². The lowest BCUT2D eigenvalue weighted by atomic mass is 10.2. The number of carbonyl (C=O) groups is 1. The van der Waals surface area contributed by atoms with Gasteiger partial charge < -0.3 is 10.6 Å². The number of alkyl halides is 3. The summed E-state index contributed by atoms with van der Waals surface area (Å²) in [5.74, 6) is -0.375. The molecule has 0 radical (unpaired) electrons. The van der Waals surface area contributed by atoms with Gasteiger partial charge in [0.25, 0.3) is 5.91 Å². The maximum Gasteiger partial charge on any atom is 0.417 e. The number of hydrogen-bond donors (Lipinski definition) is 2. The molecule has 1 aromatic heterocycles. The molecule has 0 bridgehead atoms. The number of aryl methyl sites for hydroxylation is 1. The summed E-state index contributed by atoms with van der Waals surface area (Å²) in [4.78, 5) is 20.5. The first-order valence-corrected chi connectivity index (χ1v) is 7.74. The van der Waals surface area contributed by atoms with Crippen LogP contribution < -0.4 is 10.6 Å². The van der Waals surface area contributed by atoms with Crippen molar-refractivity contribution in [3.05, 3.63) is 46.2 Å². The van der Waals surface area contributed by atoms with Crippen LogP contribution >= 0.6 is 11.6 Å². The topological polar surface area (TPSA) is 66.9 Å². The van der Waals surface area contributed by atoms with E-state index in [0.717, 1.165) is 12.1 Å². The zero-order valence-electron chi connectivity index (χ0n) is 13.7. The molecule has 0 spiro atoms. The van der Waals surface area contributed by atoms with Crippen molar-refractivity contribution in [1.29, 1.82) is 0 Å². The summed E-state index contributed by atoms with van der Waals surface area (Å²) in [6.45, 7) is 5.46. The van der Waals surface area contributed by atoms with Crippen LogP contribution in [0.2, 0.25) is 5.02 Å². The molecular weight excluding hydrogens is 357 g/mol. The van der Waals surface area contributed by atoms with Gasteiger partial charge >= 0.3 is 6.18 Å². The normalized spacial score (nSPS) is 11.5. The molecule has 5 nitrogen and oxygen atoms in total. The molecule has 1 amide bonds. The molecule has 0 aliphatic carbocycles. The molecular formula is C16H16ClF3N4O. The molecule has 2 aromatic rings. The lowest BCUT2D eigenvalue weighted by Crippen LogP contribution is -2.18. The number of benzene rings is 1. The third kappa shape index (κ3) is 5.06. The van der Waals surface area contributed by atoms with Crippen molar-refractivity contribution >= 4 is 29.1 Å². The van der Waals surface area contributed by atoms with Gasteiger partial charge in [-0.1, -0.05) is 11.6 Å². The van der Waals surface area contributed by atoms with Gasteiger partial charge in [0.2, 0.25) is 5.95 Å². The van der Waals surface area contributed by atoms with Crippen molar-refractivity contribution < 1.29 is 18.0 Å². The van der Waals surface area contributed by atoms with Gasteiger partial charge in [0, 0.05) is 17.4 Å². The average molecular weight is 373 g/mol. The Balaban J connectivity index is 2.27. The first kappa shape index (κ1) is 19.0. The molecule has 2 N–H and O–H groups in total. The van der Waals surface area contributed by atoms with Gasteiger partial charge in [-0.2, -0.15) is 13.2 Å². The van der Waals surface area contributed by atoms with Gasteiger partial charge in [0.15, 0.2) is 0 Å². The third-order valence-electron chi connectivity index (χ3n) is 3.03. The Hall–Kier alpha value is -2.35. The number of halogens is 4. The summed E-state index contributed by atoms with van der Waals surface area (Å²) in [5.41, 5.74) is -0.459. The van der Waals surface area contributed by atoms with Gasteiger partial charge in [-0.05, 0) is 45.0 Å². The molecule has 25 heavy (non-hydrogen) atoms. The molecule has 2 rings (SSSR count). The minimum atomic E-state index is -4.61. The van der Waals surface area contributed by atoms with E-state index in [0.29, 0.717) is 5.69 Å². The molecule has 0 atom stereocenters. The summed E-state index contributed by atoms with van der Waals surface area (Å²) in [5, 5.41) is 4.92. The summed E-state index contributed by atoms with van der Waals surface area (Å²) >= 11 is 5.56. The van der Waals surface area contributed by atoms with Gasteiger partial charge in [0.05, 0.1) is 10.6 Å². The third-order valence-corrected chi connectivity index (χ3v) is 3.36. The lowest BCUT2D eigenvalue weighted by Gasteiger charge is -2.13. The maximum absolute atomic E-state index is 12.9. The van der Waals surface area contributed by atoms with Crippen molar-refractivity contribution in [3.63, 3.8) is 0 Å². The second kappa shape index (κ2) is 7.26. The number of nitrogens with zero attached hydrogens (tertiary/aromatic N) is 2. The van der Waals surface area contributed by atoms with Crippen molar-refractivity contribution in [2.24, 2.45) is 0 Å². The van der Waals surface area contributed by atoms with E-state index in [1.165, 1.54) is 12.1 Å². The minimum Gasteiger partial charge on any atom is -0.352 e. The molecule has 0 aliphatic heterocycles. The fourth-order valence-electron chi connectivity index (χ4n) is 2.02. The molecule has 1 aromatic carbocycles. The zero-order valence-corrected chi connectivity index (χ0v) is 14.5. The monoisotopic (exact) mass is 372 g/mol. The number of anilines is 2. The van der Waals surface area contributed by atoms with E-state index in [1.807, 2.05) is 13.8 Å². The molecule has 1 heterocycles. The molecule has 134 valence electrons. The van der Waals surface area contributed by atoms with Crippen molar-refractivity contribution in [3.8, 4) is 0 Å².